The molecule has 0 saturated carbocycles. The van der Waals surface area contributed by atoms with Gasteiger partial charge in [0, 0.05) is 11.0 Å². The van der Waals surface area contributed by atoms with Gasteiger partial charge in [-0.25, -0.2) is 4.68 Å². The minimum absolute atomic E-state index is 0.181. The third kappa shape index (κ3) is 3.25. The summed E-state index contributed by atoms with van der Waals surface area (Å²) >= 11 is 3.39. The number of rotatable bonds is 4. The number of amides is 1. The van der Waals surface area contributed by atoms with Crippen LogP contribution in [0.5, 0.6) is 0 Å². The lowest BCUT2D eigenvalue weighted by molar-refractivity contribution is 0.0943. The fraction of sp³-hybridized carbons (Fsp3) is 0.357. The molecule has 2 aromatic rings. The predicted octanol–water partition coefficient (Wildman–Crippen LogP) is 2.72. The fourth-order valence-corrected chi connectivity index (χ4v) is 2.01. The number of halogens is 1. The van der Waals surface area contributed by atoms with Crippen molar-refractivity contribution in [2.75, 3.05) is 6.54 Å². The molecule has 0 spiro atoms. The first kappa shape index (κ1) is 14.7. The van der Waals surface area contributed by atoms with E-state index >= 15 is 0 Å². The van der Waals surface area contributed by atoms with E-state index in [1.165, 1.54) is 0 Å². The van der Waals surface area contributed by atoms with Gasteiger partial charge in [-0.2, -0.15) is 0 Å². The smallest absolute Gasteiger partial charge is 0.273 e. The molecule has 20 heavy (non-hydrogen) atoms. The van der Waals surface area contributed by atoms with E-state index in [1.54, 1.807) is 4.68 Å². The standard InChI is InChI=1S/C14H17BrN4O/c1-9(2)8-16-14(20)13-10(3)19(18-17-13)12-6-4-11(15)5-7-12/h4-7,9H,8H2,1-3H3,(H,16,20). The van der Waals surface area contributed by atoms with Crippen LogP contribution in [0.25, 0.3) is 5.69 Å². The normalized spacial score (nSPS) is 10.8. The van der Waals surface area contributed by atoms with E-state index in [1.807, 2.05) is 45.0 Å². The van der Waals surface area contributed by atoms with E-state index in [4.69, 9.17) is 0 Å². The average Bonchev–Trinajstić information content (AvgIpc) is 2.79. The molecule has 1 N–H and O–H groups in total. The van der Waals surface area contributed by atoms with Gasteiger partial charge >= 0.3 is 0 Å². The lowest BCUT2D eigenvalue weighted by atomic mass is 10.2. The van der Waals surface area contributed by atoms with Gasteiger partial charge in [0.15, 0.2) is 5.69 Å². The van der Waals surface area contributed by atoms with E-state index in [-0.39, 0.29) is 5.91 Å². The molecule has 5 nitrogen and oxygen atoms in total. The molecule has 0 aliphatic rings. The molecule has 0 radical (unpaired) electrons. The molecule has 0 atom stereocenters. The van der Waals surface area contributed by atoms with Crippen LogP contribution in [-0.2, 0) is 0 Å². The summed E-state index contributed by atoms with van der Waals surface area (Å²) in [5.41, 5.74) is 1.98. The molecule has 0 aliphatic heterocycles. The summed E-state index contributed by atoms with van der Waals surface area (Å²) in [6, 6.07) is 7.69. The number of carbonyl (C=O) groups is 1. The second-order valence-corrected chi connectivity index (χ2v) is 5.93. The quantitative estimate of drug-likeness (QED) is 0.933. The molecular formula is C14H17BrN4O. The summed E-state index contributed by atoms with van der Waals surface area (Å²) in [5.74, 6) is 0.223. The number of hydrogen-bond donors (Lipinski definition) is 1. The van der Waals surface area contributed by atoms with Gasteiger partial charge in [0.1, 0.15) is 0 Å². The first-order valence-corrected chi connectivity index (χ1v) is 7.24. The van der Waals surface area contributed by atoms with Crippen molar-refractivity contribution in [2.24, 2.45) is 5.92 Å². The summed E-state index contributed by atoms with van der Waals surface area (Å²) in [6.07, 6.45) is 0. The Balaban J connectivity index is 2.22. The number of benzene rings is 1. The monoisotopic (exact) mass is 336 g/mol. The van der Waals surface area contributed by atoms with Crippen molar-refractivity contribution in [3.05, 3.63) is 40.1 Å². The first-order valence-electron chi connectivity index (χ1n) is 6.45. The number of aromatic nitrogens is 3. The van der Waals surface area contributed by atoms with Gasteiger partial charge in [0.2, 0.25) is 0 Å². The van der Waals surface area contributed by atoms with Crippen molar-refractivity contribution >= 4 is 21.8 Å². The van der Waals surface area contributed by atoms with Gasteiger partial charge in [-0.05, 0) is 37.1 Å². The van der Waals surface area contributed by atoms with Crippen LogP contribution in [0.4, 0.5) is 0 Å². The molecule has 0 bridgehead atoms. The van der Waals surface area contributed by atoms with Crippen molar-refractivity contribution in [2.45, 2.75) is 20.8 Å². The highest BCUT2D eigenvalue weighted by Crippen LogP contribution is 2.16. The predicted molar refractivity (Wildman–Crippen MR) is 81.0 cm³/mol. The van der Waals surface area contributed by atoms with Gasteiger partial charge in [0.25, 0.3) is 5.91 Å². The summed E-state index contributed by atoms with van der Waals surface area (Å²) in [6.45, 7) is 6.56. The van der Waals surface area contributed by atoms with E-state index in [2.05, 4.69) is 31.6 Å². The SMILES string of the molecule is Cc1c(C(=O)NCC(C)C)nnn1-c1ccc(Br)cc1. The van der Waals surface area contributed by atoms with Crippen LogP contribution in [0.1, 0.15) is 30.0 Å². The zero-order valence-corrected chi connectivity index (χ0v) is 13.3. The van der Waals surface area contributed by atoms with Gasteiger partial charge in [0.05, 0.1) is 11.4 Å². The van der Waals surface area contributed by atoms with E-state index < -0.39 is 0 Å². The molecule has 106 valence electrons. The lowest BCUT2D eigenvalue weighted by Crippen LogP contribution is -2.28. The largest absolute Gasteiger partial charge is 0.350 e. The molecule has 1 amide bonds. The maximum Gasteiger partial charge on any atom is 0.273 e. The third-order valence-corrected chi connectivity index (χ3v) is 3.38. The minimum atomic E-state index is -0.181. The fourth-order valence-electron chi connectivity index (χ4n) is 1.75. The van der Waals surface area contributed by atoms with Gasteiger partial charge in [-0.3, -0.25) is 4.79 Å². The topological polar surface area (TPSA) is 59.8 Å². The number of nitrogens with one attached hydrogen (secondary N) is 1. The highest BCUT2D eigenvalue weighted by atomic mass is 79.9. The highest BCUT2D eigenvalue weighted by Gasteiger charge is 2.17. The molecule has 0 aliphatic carbocycles. The molecule has 1 heterocycles. The second-order valence-electron chi connectivity index (χ2n) is 5.02. The number of hydrogen-bond acceptors (Lipinski definition) is 3. The van der Waals surface area contributed by atoms with Gasteiger partial charge in [-0.1, -0.05) is 35.0 Å². The molecule has 6 heteroatoms. The van der Waals surface area contributed by atoms with Crippen molar-refractivity contribution in [1.82, 2.24) is 20.3 Å². The van der Waals surface area contributed by atoms with Crippen LogP contribution >= 0.6 is 15.9 Å². The van der Waals surface area contributed by atoms with Crippen molar-refractivity contribution in [3.63, 3.8) is 0 Å². The van der Waals surface area contributed by atoms with Gasteiger partial charge < -0.3 is 5.32 Å². The Morgan fingerprint density at radius 1 is 1.35 bits per heavy atom. The number of nitrogens with zero attached hydrogens (tertiary/aromatic N) is 3. The first-order chi connectivity index (χ1) is 9.49. The summed E-state index contributed by atoms with van der Waals surface area (Å²) in [4.78, 5) is 12.0. The third-order valence-electron chi connectivity index (χ3n) is 2.85. The Kier molecular flexibility index (Phi) is 4.54. The van der Waals surface area contributed by atoms with E-state index in [9.17, 15) is 4.79 Å². The average molecular weight is 337 g/mol. The molecule has 0 saturated heterocycles. The highest BCUT2D eigenvalue weighted by molar-refractivity contribution is 9.10. The minimum Gasteiger partial charge on any atom is -0.350 e. The lowest BCUT2D eigenvalue weighted by Gasteiger charge is -2.06. The van der Waals surface area contributed by atoms with Crippen LogP contribution < -0.4 is 5.32 Å². The van der Waals surface area contributed by atoms with Crippen molar-refractivity contribution < 1.29 is 4.79 Å². The summed E-state index contributed by atoms with van der Waals surface area (Å²) in [7, 11) is 0. The van der Waals surface area contributed by atoms with E-state index in [0.717, 1.165) is 15.9 Å². The molecule has 1 aromatic carbocycles. The molecular weight excluding hydrogens is 320 g/mol. The Morgan fingerprint density at radius 2 is 2.00 bits per heavy atom. The van der Waals surface area contributed by atoms with Crippen molar-refractivity contribution in [3.8, 4) is 5.69 Å². The number of carbonyl (C=O) groups excluding carboxylic acids is 1. The summed E-state index contributed by atoms with van der Waals surface area (Å²) in [5, 5.41) is 10.9. The van der Waals surface area contributed by atoms with Crippen molar-refractivity contribution in [1.29, 1.82) is 0 Å². The van der Waals surface area contributed by atoms with Crippen LogP contribution in [0.15, 0.2) is 28.7 Å². The van der Waals surface area contributed by atoms with Crippen LogP contribution in [0, 0.1) is 12.8 Å². The Hall–Kier alpha value is -1.69. The molecule has 0 fully saturated rings. The maximum absolute atomic E-state index is 12.0. The Morgan fingerprint density at radius 3 is 2.60 bits per heavy atom. The second kappa shape index (κ2) is 6.17. The van der Waals surface area contributed by atoms with E-state index in [0.29, 0.717) is 18.2 Å². The van der Waals surface area contributed by atoms with Crippen LogP contribution in [0.2, 0.25) is 0 Å². The van der Waals surface area contributed by atoms with Gasteiger partial charge in [-0.15, -0.1) is 5.10 Å². The molecule has 1 aromatic heterocycles. The van der Waals surface area contributed by atoms with Crippen LogP contribution in [-0.4, -0.2) is 27.4 Å². The van der Waals surface area contributed by atoms with Crippen LogP contribution in [0.3, 0.4) is 0 Å². The molecule has 0 unspecified atom stereocenters. The zero-order chi connectivity index (χ0) is 14.7. The molecule has 2 rings (SSSR count). The summed E-state index contributed by atoms with van der Waals surface area (Å²) < 4.78 is 2.66. The maximum atomic E-state index is 12.0. The zero-order valence-electron chi connectivity index (χ0n) is 11.7. The Bertz CT molecular complexity index is 604. The Labute approximate surface area is 126 Å².